The fourth-order valence-electron chi connectivity index (χ4n) is 5.59. The minimum Gasteiger partial charge on any atom is -0.455 e. The molecule has 0 aliphatic rings. The number of aromatic nitrogens is 1. The molecule has 7 rings (SSSR count). The summed E-state index contributed by atoms with van der Waals surface area (Å²) in [7, 11) is 0. The topological polar surface area (TPSA) is 26.0 Å². The van der Waals surface area contributed by atoms with E-state index in [9.17, 15) is 0 Å². The summed E-state index contributed by atoms with van der Waals surface area (Å²) >= 11 is 0. The molecule has 2 heterocycles. The lowest BCUT2D eigenvalue weighted by atomic mass is 9.86. The summed E-state index contributed by atoms with van der Waals surface area (Å²) in [5.41, 5.74) is 1.73. The Kier molecular flexibility index (Phi) is 3.70. The van der Waals surface area contributed by atoms with Crippen molar-refractivity contribution in [1.29, 1.82) is 0 Å². The van der Waals surface area contributed by atoms with E-state index < -0.39 is 18.6 Å². The van der Waals surface area contributed by atoms with Crippen LogP contribution < -0.4 is 0 Å². The van der Waals surface area contributed by atoms with Crippen LogP contribution in [-0.4, -0.2) is 4.98 Å². The average Bonchev–Trinajstić information content (AvgIpc) is 3.35. The van der Waals surface area contributed by atoms with Gasteiger partial charge in [-0.1, -0.05) is 81.4 Å². The number of fused-ring (bicyclic) bond motifs is 10. The Labute approximate surface area is 223 Å². The van der Waals surface area contributed by atoms with Crippen molar-refractivity contribution in [2.75, 3.05) is 0 Å². The molecule has 5 aromatic carbocycles. The van der Waals surface area contributed by atoms with E-state index in [2.05, 4.69) is 59.6 Å². The molecule has 0 amide bonds. The Morgan fingerprint density at radius 1 is 0.757 bits per heavy atom. The Hall–Kier alpha value is -4.17. The highest BCUT2D eigenvalue weighted by atomic mass is 16.3. The molecule has 0 bridgehead atoms. The molecule has 0 radical (unpaired) electrons. The molecule has 0 saturated heterocycles. The molecule has 0 atom stereocenters. The van der Waals surface area contributed by atoms with Crippen molar-refractivity contribution in [3.05, 3.63) is 102 Å². The van der Waals surface area contributed by atoms with Crippen LogP contribution in [0.3, 0.4) is 0 Å². The van der Waals surface area contributed by atoms with Crippen LogP contribution in [0.15, 0.2) is 95.5 Å². The van der Waals surface area contributed by atoms with Gasteiger partial charge in [0.05, 0.1) is 5.69 Å². The van der Waals surface area contributed by atoms with Gasteiger partial charge < -0.3 is 4.42 Å². The smallest absolute Gasteiger partial charge is 0.144 e. The van der Waals surface area contributed by atoms with Crippen LogP contribution in [-0.2, 0) is 6.37 Å². The zero-order valence-electron chi connectivity index (χ0n) is 26.0. The summed E-state index contributed by atoms with van der Waals surface area (Å²) in [6.07, 6.45) is -0.621. The van der Waals surface area contributed by atoms with Crippen LogP contribution in [0.1, 0.15) is 38.8 Å². The monoisotopic (exact) mass is 484 g/mol. The van der Waals surface area contributed by atoms with Crippen LogP contribution in [0.25, 0.3) is 65.5 Å². The van der Waals surface area contributed by atoms with Crippen molar-refractivity contribution in [2.45, 2.75) is 34.0 Å². The number of benzene rings is 5. The van der Waals surface area contributed by atoms with Crippen molar-refractivity contribution < 1.29 is 11.3 Å². The first kappa shape index (κ1) is 17.3. The number of para-hydroxylation sites is 1. The van der Waals surface area contributed by atoms with E-state index in [0.717, 1.165) is 32.5 Å². The van der Waals surface area contributed by atoms with Crippen LogP contribution in [0.2, 0.25) is 0 Å². The van der Waals surface area contributed by atoms with E-state index in [1.54, 1.807) is 26.8 Å². The lowest BCUT2D eigenvalue weighted by molar-refractivity contribution is 0.410. The summed E-state index contributed by atoms with van der Waals surface area (Å²) < 4.78 is 48.7. The van der Waals surface area contributed by atoms with Gasteiger partial charge in [0.25, 0.3) is 0 Å². The molecule has 2 aromatic heterocycles. The maximum atomic E-state index is 8.95. The molecule has 0 unspecified atom stereocenters. The third-order valence-electron chi connectivity index (χ3n) is 7.06. The van der Waals surface area contributed by atoms with Gasteiger partial charge in [-0.25, -0.2) is 0 Å². The van der Waals surface area contributed by atoms with Crippen molar-refractivity contribution in [3.63, 3.8) is 0 Å². The standard InChI is InChI=1S/C35H29NO/c1-21-20-36-30(18-22(21)19-35(2,3)4)28-14-9-15-29-33-31(37-34(28)29)17-16-27-25-12-6-5-10-23(25)24-11-7-8-13-26(24)32(27)33/h5-18,20H,19H2,1-4H3/i1D3,19D2. The summed E-state index contributed by atoms with van der Waals surface area (Å²) in [6.45, 7) is 2.81. The van der Waals surface area contributed by atoms with Gasteiger partial charge in [0.15, 0.2) is 0 Å². The second-order valence-corrected chi connectivity index (χ2v) is 10.7. The Morgan fingerprint density at radius 2 is 1.41 bits per heavy atom. The molecule has 0 fully saturated rings. The summed E-state index contributed by atoms with van der Waals surface area (Å²) in [4.78, 5) is 4.56. The fraction of sp³-hybridized carbons (Fsp3) is 0.171. The maximum absolute atomic E-state index is 8.95. The van der Waals surface area contributed by atoms with Gasteiger partial charge in [0, 0.05) is 34.8 Å². The lowest BCUT2D eigenvalue weighted by Crippen LogP contribution is -2.10. The molecular weight excluding hydrogens is 450 g/mol. The lowest BCUT2D eigenvalue weighted by Gasteiger charge is -2.20. The second kappa shape index (κ2) is 7.91. The first-order chi connectivity index (χ1) is 19.9. The van der Waals surface area contributed by atoms with Gasteiger partial charge in [-0.2, -0.15) is 0 Å². The minimum atomic E-state index is -2.51. The van der Waals surface area contributed by atoms with Crippen molar-refractivity contribution in [2.24, 2.45) is 5.41 Å². The Morgan fingerprint density at radius 3 is 2.11 bits per heavy atom. The molecule has 7 aromatic rings. The number of furan rings is 1. The van der Waals surface area contributed by atoms with E-state index in [1.165, 1.54) is 22.4 Å². The molecule has 180 valence electrons. The van der Waals surface area contributed by atoms with E-state index >= 15 is 0 Å². The van der Waals surface area contributed by atoms with Gasteiger partial charge >= 0.3 is 0 Å². The van der Waals surface area contributed by atoms with Crippen LogP contribution in [0.5, 0.6) is 0 Å². The van der Waals surface area contributed by atoms with E-state index in [4.69, 9.17) is 11.3 Å². The Balaban J connectivity index is 1.57. The zero-order valence-corrected chi connectivity index (χ0v) is 21.0. The molecule has 2 heteroatoms. The molecule has 0 aliphatic carbocycles. The normalized spacial score (nSPS) is 15.2. The van der Waals surface area contributed by atoms with E-state index in [1.807, 2.05) is 24.3 Å². The van der Waals surface area contributed by atoms with Crippen molar-refractivity contribution in [1.82, 2.24) is 4.98 Å². The second-order valence-electron chi connectivity index (χ2n) is 10.7. The van der Waals surface area contributed by atoms with E-state index in [0.29, 0.717) is 16.8 Å². The first-order valence-electron chi connectivity index (χ1n) is 15.1. The number of aryl methyl sites for hydroxylation is 1. The zero-order chi connectivity index (χ0) is 29.6. The molecule has 37 heavy (non-hydrogen) atoms. The largest absolute Gasteiger partial charge is 0.455 e. The highest BCUT2D eigenvalue weighted by molar-refractivity contribution is 6.34. The third-order valence-corrected chi connectivity index (χ3v) is 7.06. The minimum absolute atomic E-state index is 0.0766. The Bertz CT molecular complexity index is 2170. The SMILES string of the molecule is [2H]C([2H])([2H])c1cnc(-c2cccc3c2oc2ccc4c5ccccc5c5ccccc5c4c23)cc1C([2H])([2H])C(C)(C)C. The third kappa shape index (κ3) is 3.43. The molecule has 0 saturated carbocycles. The average molecular weight is 485 g/mol. The summed E-state index contributed by atoms with van der Waals surface area (Å²) in [6, 6.07) is 28.5. The van der Waals surface area contributed by atoms with Crippen LogP contribution in [0.4, 0.5) is 0 Å². The number of nitrogens with zero attached hydrogens (tertiary/aromatic N) is 1. The summed E-state index contributed by atoms with van der Waals surface area (Å²) in [5.74, 6) is 0. The van der Waals surface area contributed by atoms with Gasteiger partial charge in [-0.05, 0) is 81.0 Å². The quantitative estimate of drug-likeness (QED) is 0.228. The van der Waals surface area contributed by atoms with Gasteiger partial charge in [-0.3, -0.25) is 4.98 Å². The van der Waals surface area contributed by atoms with E-state index in [-0.39, 0.29) is 11.1 Å². The number of hydrogen-bond acceptors (Lipinski definition) is 2. The molecular formula is C35H29NO. The van der Waals surface area contributed by atoms with Crippen LogP contribution >= 0.6 is 0 Å². The molecule has 0 spiro atoms. The number of rotatable bonds is 2. The maximum Gasteiger partial charge on any atom is 0.144 e. The molecule has 0 aliphatic heterocycles. The molecule has 2 nitrogen and oxygen atoms in total. The highest BCUT2D eigenvalue weighted by Gasteiger charge is 2.19. The fourth-order valence-corrected chi connectivity index (χ4v) is 5.59. The predicted octanol–water partition coefficient (Wildman–Crippen LogP) is 10.0. The first-order valence-corrected chi connectivity index (χ1v) is 12.6. The number of hydrogen-bond donors (Lipinski definition) is 0. The predicted molar refractivity (Wildman–Crippen MR) is 157 cm³/mol. The molecule has 0 N–H and O–H groups in total. The van der Waals surface area contributed by atoms with Gasteiger partial charge in [0.2, 0.25) is 0 Å². The highest BCUT2D eigenvalue weighted by Crippen LogP contribution is 2.44. The summed E-state index contributed by atoms with van der Waals surface area (Å²) in [5, 5.41) is 8.90. The van der Waals surface area contributed by atoms with Crippen LogP contribution in [0, 0.1) is 12.3 Å². The van der Waals surface area contributed by atoms with Gasteiger partial charge in [-0.15, -0.1) is 0 Å². The number of pyridine rings is 1. The van der Waals surface area contributed by atoms with Gasteiger partial charge in [0.1, 0.15) is 11.2 Å². The van der Waals surface area contributed by atoms with Crippen molar-refractivity contribution in [3.8, 4) is 11.3 Å². The van der Waals surface area contributed by atoms with Crippen molar-refractivity contribution >= 4 is 54.3 Å².